The topological polar surface area (TPSA) is 112 Å². The van der Waals surface area contributed by atoms with E-state index in [1.807, 2.05) is 12.1 Å². The normalized spacial score (nSPS) is 23.6. The molecule has 0 spiro atoms. The lowest BCUT2D eigenvalue weighted by molar-refractivity contribution is -0.134. The van der Waals surface area contributed by atoms with Crippen LogP contribution in [-0.4, -0.2) is 65.4 Å². The minimum Gasteiger partial charge on any atom is -0.493 e. The molecule has 1 aromatic heterocycles. The van der Waals surface area contributed by atoms with Crippen molar-refractivity contribution in [3.05, 3.63) is 41.2 Å². The van der Waals surface area contributed by atoms with Crippen LogP contribution in [0.5, 0.6) is 11.5 Å². The number of aromatic nitrogens is 2. The molecule has 4 rings (SSSR count). The molecule has 2 aliphatic rings. The second-order valence-electron chi connectivity index (χ2n) is 9.81. The summed E-state index contributed by atoms with van der Waals surface area (Å²) in [5, 5.41) is 7.47. The zero-order valence-corrected chi connectivity index (χ0v) is 21.5. The number of hydrogen-bond acceptors (Lipinski definition) is 7. The number of nitrogens with one attached hydrogen (secondary N) is 1. The van der Waals surface area contributed by atoms with Crippen LogP contribution in [0.4, 0.5) is 0 Å². The molecule has 36 heavy (non-hydrogen) atoms. The minimum atomic E-state index is -1.26. The van der Waals surface area contributed by atoms with Crippen LogP contribution in [0.15, 0.2) is 24.3 Å². The van der Waals surface area contributed by atoms with E-state index >= 15 is 0 Å². The monoisotopic (exact) mass is 498 g/mol. The van der Waals surface area contributed by atoms with E-state index in [9.17, 15) is 14.4 Å². The Labute approximate surface area is 210 Å². The number of carbonyl (C=O) groups excluding carboxylic acids is 3. The van der Waals surface area contributed by atoms with E-state index in [1.54, 1.807) is 20.1 Å². The lowest BCUT2D eigenvalue weighted by Gasteiger charge is -2.44. The number of amides is 2. The summed E-state index contributed by atoms with van der Waals surface area (Å²) in [4.78, 5) is 41.3. The molecule has 10 heteroatoms. The zero-order valence-electron chi connectivity index (χ0n) is 21.5. The SMILES string of the molecule is COC(=O)c1cc2n(n1)C[C@@](C)(C(=O)NC1CCC(C)CC1)N(Cc1cccc(OC)c1OC)C2=O. The van der Waals surface area contributed by atoms with Crippen molar-refractivity contribution < 1.29 is 28.6 Å². The molecule has 10 nitrogen and oxygen atoms in total. The largest absolute Gasteiger partial charge is 0.493 e. The standard InChI is InChI=1S/C26H34N4O6/c1-16-9-11-18(12-10-16)27-25(33)26(2)15-30-20(13-19(28-30)24(32)36-5)23(31)29(26)14-17-7-6-8-21(34-3)22(17)35-4/h6-8,13,16,18H,9-12,14-15H2,1-5H3,(H,27,33)/t16?,18?,26-/m0/s1. The molecule has 2 amide bonds. The summed E-state index contributed by atoms with van der Waals surface area (Å²) in [5.74, 6) is 0.353. The Morgan fingerprint density at radius 3 is 2.50 bits per heavy atom. The number of benzene rings is 1. The first-order valence-corrected chi connectivity index (χ1v) is 12.2. The molecule has 1 aromatic carbocycles. The first-order valence-electron chi connectivity index (χ1n) is 12.2. The molecule has 1 aliphatic heterocycles. The fourth-order valence-corrected chi connectivity index (χ4v) is 5.09. The van der Waals surface area contributed by atoms with Crippen molar-refractivity contribution in [3.63, 3.8) is 0 Å². The van der Waals surface area contributed by atoms with E-state index in [0.29, 0.717) is 23.0 Å². The van der Waals surface area contributed by atoms with E-state index in [0.717, 1.165) is 25.7 Å². The highest BCUT2D eigenvalue weighted by molar-refractivity contribution is 6.01. The van der Waals surface area contributed by atoms with Gasteiger partial charge in [-0.2, -0.15) is 5.10 Å². The van der Waals surface area contributed by atoms with Gasteiger partial charge in [0.25, 0.3) is 5.91 Å². The average Bonchev–Trinajstić information content (AvgIpc) is 3.30. The summed E-state index contributed by atoms with van der Waals surface area (Å²) in [7, 11) is 4.34. The van der Waals surface area contributed by atoms with Crippen molar-refractivity contribution in [1.82, 2.24) is 20.0 Å². The molecule has 0 saturated heterocycles. The molecule has 2 heterocycles. The summed E-state index contributed by atoms with van der Waals surface area (Å²) in [6, 6.07) is 6.88. The maximum absolute atomic E-state index is 13.8. The van der Waals surface area contributed by atoms with E-state index in [2.05, 4.69) is 17.3 Å². The molecule has 2 aromatic rings. The van der Waals surface area contributed by atoms with Crippen LogP contribution in [-0.2, 0) is 22.6 Å². The summed E-state index contributed by atoms with van der Waals surface area (Å²) in [6.45, 7) is 4.15. The number of rotatable bonds is 7. The van der Waals surface area contributed by atoms with Gasteiger partial charge in [-0.3, -0.25) is 14.3 Å². The summed E-state index contributed by atoms with van der Waals surface area (Å²) >= 11 is 0. The molecule has 1 N–H and O–H groups in total. The van der Waals surface area contributed by atoms with E-state index < -0.39 is 17.4 Å². The van der Waals surface area contributed by atoms with Gasteiger partial charge in [0.1, 0.15) is 11.2 Å². The maximum Gasteiger partial charge on any atom is 0.358 e. The highest BCUT2D eigenvalue weighted by Gasteiger charge is 2.49. The van der Waals surface area contributed by atoms with Crippen LogP contribution in [0, 0.1) is 5.92 Å². The number of ether oxygens (including phenoxy) is 3. The van der Waals surface area contributed by atoms with Crippen molar-refractivity contribution >= 4 is 17.8 Å². The quantitative estimate of drug-likeness (QED) is 0.584. The Kier molecular flexibility index (Phi) is 7.23. The number of nitrogens with zero attached hydrogens (tertiary/aromatic N) is 3. The van der Waals surface area contributed by atoms with Gasteiger partial charge in [-0.15, -0.1) is 0 Å². The lowest BCUT2D eigenvalue weighted by atomic mass is 9.86. The Balaban J connectivity index is 1.72. The predicted molar refractivity (Wildman–Crippen MR) is 131 cm³/mol. The third kappa shape index (κ3) is 4.64. The van der Waals surface area contributed by atoms with Crippen LogP contribution in [0.1, 0.15) is 66.1 Å². The van der Waals surface area contributed by atoms with Gasteiger partial charge in [0.05, 0.1) is 34.4 Å². The van der Waals surface area contributed by atoms with Crippen LogP contribution < -0.4 is 14.8 Å². The number of carbonyl (C=O) groups is 3. The summed E-state index contributed by atoms with van der Waals surface area (Å²) in [6.07, 6.45) is 3.91. The van der Waals surface area contributed by atoms with Crippen LogP contribution >= 0.6 is 0 Å². The van der Waals surface area contributed by atoms with Crippen LogP contribution in [0.25, 0.3) is 0 Å². The Bertz CT molecular complexity index is 1150. The molecule has 0 bridgehead atoms. The number of methoxy groups -OCH3 is 3. The number of hydrogen-bond donors (Lipinski definition) is 1. The average molecular weight is 499 g/mol. The first kappa shape index (κ1) is 25.5. The predicted octanol–water partition coefficient (Wildman–Crippen LogP) is 2.80. The van der Waals surface area contributed by atoms with Gasteiger partial charge in [-0.25, -0.2) is 4.79 Å². The number of para-hydroxylation sites is 1. The van der Waals surface area contributed by atoms with E-state index in [1.165, 1.54) is 29.9 Å². The molecule has 1 aliphatic carbocycles. The molecule has 1 fully saturated rings. The fourth-order valence-electron chi connectivity index (χ4n) is 5.09. The second kappa shape index (κ2) is 10.2. The molecular formula is C26H34N4O6. The van der Waals surface area contributed by atoms with Gasteiger partial charge in [-0.05, 0) is 44.6 Å². The number of esters is 1. The van der Waals surface area contributed by atoms with Crippen molar-refractivity contribution in [3.8, 4) is 11.5 Å². The molecular weight excluding hydrogens is 464 g/mol. The third-order valence-corrected chi connectivity index (χ3v) is 7.35. The summed E-state index contributed by atoms with van der Waals surface area (Å²) in [5.41, 5.74) is -0.336. The highest BCUT2D eigenvalue weighted by atomic mass is 16.5. The van der Waals surface area contributed by atoms with Crippen molar-refractivity contribution in [1.29, 1.82) is 0 Å². The Hall–Kier alpha value is -3.56. The van der Waals surface area contributed by atoms with Gasteiger partial charge in [0, 0.05) is 17.7 Å². The highest BCUT2D eigenvalue weighted by Crippen LogP contribution is 2.36. The third-order valence-electron chi connectivity index (χ3n) is 7.35. The minimum absolute atomic E-state index is 0.0192. The van der Waals surface area contributed by atoms with Crippen LogP contribution in [0.3, 0.4) is 0 Å². The van der Waals surface area contributed by atoms with Gasteiger partial charge in [-0.1, -0.05) is 19.1 Å². The van der Waals surface area contributed by atoms with Gasteiger partial charge in [0.2, 0.25) is 5.91 Å². The summed E-state index contributed by atoms with van der Waals surface area (Å²) < 4.78 is 17.2. The van der Waals surface area contributed by atoms with Crippen molar-refractivity contribution in [2.24, 2.45) is 5.92 Å². The van der Waals surface area contributed by atoms with Crippen LogP contribution in [0.2, 0.25) is 0 Å². The van der Waals surface area contributed by atoms with Crippen molar-refractivity contribution in [2.75, 3.05) is 21.3 Å². The molecule has 1 saturated carbocycles. The first-order chi connectivity index (χ1) is 17.2. The molecule has 0 unspecified atom stereocenters. The Morgan fingerprint density at radius 2 is 1.86 bits per heavy atom. The van der Waals surface area contributed by atoms with Gasteiger partial charge < -0.3 is 24.4 Å². The fraction of sp³-hybridized carbons (Fsp3) is 0.538. The molecule has 1 atom stereocenters. The smallest absolute Gasteiger partial charge is 0.358 e. The zero-order chi connectivity index (χ0) is 26.0. The van der Waals surface area contributed by atoms with E-state index in [4.69, 9.17) is 14.2 Å². The van der Waals surface area contributed by atoms with Gasteiger partial charge in [0.15, 0.2) is 17.2 Å². The number of fused-ring (bicyclic) bond motifs is 1. The van der Waals surface area contributed by atoms with Crippen molar-refractivity contribution in [2.45, 2.75) is 64.2 Å². The Morgan fingerprint density at radius 1 is 1.14 bits per heavy atom. The lowest BCUT2D eigenvalue weighted by Crippen LogP contribution is -2.64. The molecule has 0 radical (unpaired) electrons. The van der Waals surface area contributed by atoms with Gasteiger partial charge >= 0.3 is 5.97 Å². The maximum atomic E-state index is 13.8. The van der Waals surface area contributed by atoms with E-state index in [-0.39, 0.29) is 36.4 Å². The molecule has 194 valence electrons. The second-order valence-corrected chi connectivity index (χ2v) is 9.81.